The molecule has 0 saturated heterocycles. The molecule has 3 nitrogen and oxygen atoms in total. The highest BCUT2D eigenvalue weighted by atomic mass is 19.1. The van der Waals surface area contributed by atoms with Gasteiger partial charge in [0, 0.05) is 17.6 Å². The minimum atomic E-state index is -0.541. The van der Waals surface area contributed by atoms with E-state index in [4.69, 9.17) is 5.84 Å². The summed E-state index contributed by atoms with van der Waals surface area (Å²) in [4.78, 5) is 2.19. The van der Waals surface area contributed by atoms with E-state index in [1.54, 1.807) is 0 Å². The number of nitrogens with one attached hydrogen (secondary N) is 1. The largest absolute Gasteiger partial charge is 0.302 e. The predicted molar refractivity (Wildman–Crippen MR) is 76.1 cm³/mol. The van der Waals surface area contributed by atoms with Crippen molar-refractivity contribution < 1.29 is 8.78 Å². The van der Waals surface area contributed by atoms with Gasteiger partial charge < -0.3 is 4.90 Å². The standard InChI is InChI=1S/C15H23F2N3/c1-20(2)15(5-3-4-6-15)14(19-18)9-11-7-12(16)10-13(17)8-11/h7-8,10,14,19H,3-6,9,18H2,1-2H3. The topological polar surface area (TPSA) is 41.3 Å². The molecule has 1 aliphatic carbocycles. The highest BCUT2D eigenvalue weighted by Crippen LogP contribution is 2.37. The minimum absolute atomic E-state index is 0.0267. The van der Waals surface area contributed by atoms with Crippen molar-refractivity contribution in [3.05, 3.63) is 35.4 Å². The van der Waals surface area contributed by atoms with Crippen LogP contribution in [0.4, 0.5) is 8.78 Å². The van der Waals surface area contributed by atoms with E-state index in [-0.39, 0.29) is 11.6 Å². The molecule has 1 aromatic rings. The summed E-state index contributed by atoms with van der Waals surface area (Å²) in [6.07, 6.45) is 4.93. The molecule has 1 saturated carbocycles. The normalized spacial score (nSPS) is 19.5. The Morgan fingerprint density at radius 2 is 1.75 bits per heavy atom. The lowest BCUT2D eigenvalue weighted by Gasteiger charge is -2.43. The van der Waals surface area contributed by atoms with Crippen molar-refractivity contribution in [2.75, 3.05) is 14.1 Å². The molecule has 0 aromatic heterocycles. The van der Waals surface area contributed by atoms with Crippen LogP contribution < -0.4 is 11.3 Å². The Hall–Kier alpha value is -1.04. The van der Waals surface area contributed by atoms with Crippen LogP contribution in [0.5, 0.6) is 0 Å². The Morgan fingerprint density at radius 3 is 2.20 bits per heavy atom. The summed E-state index contributed by atoms with van der Waals surface area (Å²) in [7, 11) is 4.09. The van der Waals surface area contributed by atoms with Crippen molar-refractivity contribution in [2.24, 2.45) is 5.84 Å². The fourth-order valence-electron chi connectivity index (χ4n) is 3.46. The lowest BCUT2D eigenvalue weighted by Crippen LogP contribution is -2.60. The zero-order valence-electron chi connectivity index (χ0n) is 12.1. The van der Waals surface area contributed by atoms with Gasteiger partial charge in [-0.25, -0.2) is 8.78 Å². The van der Waals surface area contributed by atoms with Gasteiger partial charge in [0.1, 0.15) is 11.6 Å². The molecule has 112 valence electrons. The molecule has 1 unspecified atom stereocenters. The second kappa shape index (κ2) is 6.16. The quantitative estimate of drug-likeness (QED) is 0.643. The van der Waals surface area contributed by atoms with E-state index in [1.807, 2.05) is 14.1 Å². The van der Waals surface area contributed by atoms with Gasteiger partial charge in [0.15, 0.2) is 0 Å². The summed E-state index contributed by atoms with van der Waals surface area (Å²) in [5.74, 6) is 4.65. The second-order valence-electron chi connectivity index (χ2n) is 5.91. The lowest BCUT2D eigenvalue weighted by atomic mass is 9.83. The molecule has 1 aromatic carbocycles. The van der Waals surface area contributed by atoms with Crippen LogP contribution in [0.3, 0.4) is 0 Å². The van der Waals surface area contributed by atoms with Crippen LogP contribution in [-0.4, -0.2) is 30.6 Å². The first-order chi connectivity index (χ1) is 9.48. The van der Waals surface area contributed by atoms with Crippen molar-refractivity contribution in [3.63, 3.8) is 0 Å². The maximum absolute atomic E-state index is 13.3. The lowest BCUT2D eigenvalue weighted by molar-refractivity contribution is 0.104. The smallest absolute Gasteiger partial charge is 0.126 e. The van der Waals surface area contributed by atoms with Crippen LogP contribution in [-0.2, 0) is 6.42 Å². The highest BCUT2D eigenvalue weighted by Gasteiger charge is 2.42. The molecule has 2 rings (SSSR count). The van der Waals surface area contributed by atoms with E-state index < -0.39 is 11.6 Å². The second-order valence-corrected chi connectivity index (χ2v) is 5.91. The Bertz CT molecular complexity index is 436. The number of nitrogens with zero attached hydrogens (tertiary/aromatic N) is 1. The van der Waals surface area contributed by atoms with E-state index in [1.165, 1.54) is 12.1 Å². The zero-order valence-corrected chi connectivity index (χ0v) is 12.1. The summed E-state index contributed by atoms with van der Waals surface area (Å²) in [5, 5.41) is 0. The third kappa shape index (κ3) is 3.00. The molecule has 1 fully saturated rings. The van der Waals surface area contributed by atoms with Crippen LogP contribution in [0.25, 0.3) is 0 Å². The third-order valence-electron chi connectivity index (χ3n) is 4.57. The summed E-state index contributed by atoms with van der Waals surface area (Å²) in [6, 6.07) is 3.63. The first-order valence-electron chi connectivity index (χ1n) is 7.06. The van der Waals surface area contributed by atoms with Crippen molar-refractivity contribution in [1.82, 2.24) is 10.3 Å². The van der Waals surface area contributed by atoms with Gasteiger partial charge in [-0.2, -0.15) is 0 Å². The zero-order chi connectivity index (χ0) is 14.8. The third-order valence-corrected chi connectivity index (χ3v) is 4.57. The van der Waals surface area contributed by atoms with E-state index in [0.29, 0.717) is 12.0 Å². The molecule has 3 N–H and O–H groups in total. The van der Waals surface area contributed by atoms with Gasteiger partial charge in [0.2, 0.25) is 0 Å². The van der Waals surface area contributed by atoms with Gasteiger partial charge in [-0.05, 0) is 51.1 Å². The Morgan fingerprint density at radius 1 is 1.20 bits per heavy atom. The molecule has 0 heterocycles. The van der Waals surface area contributed by atoms with E-state index in [9.17, 15) is 8.78 Å². The number of benzene rings is 1. The van der Waals surface area contributed by atoms with Crippen LogP contribution in [0.2, 0.25) is 0 Å². The number of hydrazine groups is 1. The van der Waals surface area contributed by atoms with Gasteiger partial charge in [-0.1, -0.05) is 12.8 Å². The monoisotopic (exact) mass is 283 g/mol. The van der Waals surface area contributed by atoms with Crippen molar-refractivity contribution >= 4 is 0 Å². The molecular weight excluding hydrogens is 260 g/mol. The predicted octanol–water partition coefficient (Wildman–Crippen LogP) is 2.21. The van der Waals surface area contributed by atoms with Crippen LogP contribution in [0, 0.1) is 11.6 Å². The highest BCUT2D eigenvalue weighted by molar-refractivity contribution is 5.20. The molecular formula is C15H23F2N3. The van der Waals surface area contributed by atoms with Crippen LogP contribution in [0.15, 0.2) is 18.2 Å². The number of halogens is 2. The SMILES string of the molecule is CN(C)C1(C(Cc2cc(F)cc(F)c2)NN)CCCC1. The Balaban J connectivity index is 2.23. The van der Waals surface area contributed by atoms with Gasteiger partial charge in [-0.3, -0.25) is 11.3 Å². The Labute approximate surface area is 119 Å². The summed E-state index contributed by atoms with van der Waals surface area (Å²) in [6.45, 7) is 0. The van der Waals surface area contributed by atoms with Gasteiger partial charge >= 0.3 is 0 Å². The van der Waals surface area contributed by atoms with Gasteiger partial charge in [-0.15, -0.1) is 0 Å². The fraction of sp³-hybridized carbons (Fsp3) is 0.600. The molecule has 1 aliphatic rings. The first-order valence-corrected chi connectivity index (χ1v) is 7.06. The number of likely N-dealkylation sites (N-methyl/N-ethyl adjacent to an activating group) is 1. The van der Waals surface area contributed by atoms with Crippen molar-refractivity contribution in [2.45, 2.75) is 43.7 Å². The van der Waals surface area contributed by atoms with E-state index in [2.05, 4.69) is 10.3 Å². The van der Waals surface area contributed by atoms with Gasteiger partial charge in [0.25, 0.3) is 0 Å². The van der Waals surface area contributed by atoms with Crippen molar-refractivity contribution in [3.8, 4) is 0 Å². The molecule has 5 heteroatoms. The van der Waals surface area contributed by atoms with E-state index >= 15 is 0 Å². The van der Waals surface area contributed by atoms with Crippen LogP contribution in [0.1, 0.15) is 31.2 Å². The molecule has 0 spiro atoms. The van der Waals surface area contributed by atoms with E-state index in [0.717, 1.165) is 31.7 Å². The maximum atomic E-state index is 13.3. The number of hydrogen-bond acceptors (Lipinski definition) is 3. The molecule has 0 amide bonds. The fourth-order valence-corrected chi connectivity index (χ4v) is 3.46. The Kier molecular flexibility index (Phi) is 4.73. The molecule has 0 aliphatic heterocycles. The summed E-state index contributed by atoms with van der Waals surface area (Å²) in [5.41, 5.74) is 3.46. The molecule has 1 atom stereocenters. The van der Waals surface area contributed by atoms with Gasteiger partial charge in [0.05, 0.1) is 0 Å². The number of nitrogens with two attached hydrogens (primary N) is 1. The summed E-state index contributed by atoms with van der Waals surface area (Å²) >= 11 is 0. The molecule has 0 bridgehead atoms. The van der Waals surface area contributed by atoms with Crippen LogP contribution >= 0.6 is 0 Å². The summed E-state index contributed by atoms with van der Waals surface area (Å²) < 4.78 is 26.6. The average Bonchev–Trinajstić information content (AvgIpc) is 2.85. The number of hydrogen-bond donors (Lipinski definition) is 2. The maximum Gasteiger partial charge on any atom is 0.126 e. The minimum Gasteiger partial charge on any atom is -0.302 e. The number of rotatable bonds is 5. The first kappa shape index (κ1) is 15.4. The molecule has 0 radical (unpaired) electrons. The molecule has 20 heavy (non-hydrogen) atoms. The van der Waals surface area contributed by atoms with Crippen molar-refractivity contribution in [1.29, 1.82) is 0 Å². The average molecular weight is 283 g/mol.